The summed E-state index contributed by atoms with van der Waals surface area (Å²) in [4.78, 5) is 12.4. The molecule has 0 bridgehead atoms. The Morgan fingerprint density at radius 1 is 1.04 bits per heavy atom. The number of anilines is 1. The second-order valence-electron chi connectivity index (χ2n) is 5.95. The third-order valence-corrected chi connectivity index (χ3v) is 6.43. The van der Waals surface area contributed by atoms with Gasteiger partial charge in [-0.1, -0.05) is 29.8 Å². The van der Waals surface area contributed by atoms with E-state index in [0.29, 0.717) is 23.8 Å². The molecule has 0 spiro atoms. The van der Waals surface area contributed by atoms with E-state index in [2.05, 4.69) is 5.32 Å². The summed E-state index contributed by atoms with van der Waals surface area (Å²) < 4.78 is 26.4. The predicted octanol–water partition coefficient (Wildman–Crippen LogP) is 3.31. The van der Waals surface area contributed by atoms with E-state index in [-0.39, 0.29) is 17.2 Å². The Morgan fingerprint density at radius 3 is 2.32 bits per heavy atom. The molecule has 1 fully saturated rings. The van der Waals surface area contributed by atoms with Crippen LogP contribution in [0.4, 0.5) is 5.69 Å². The zero-order chi connectivity index (χ0) is 17.9. The van der Waals surface area contributed by atoms with Crippen LogP contribution in [0.3, 0.4) is 0 Å². The minimum atomic E-state index is -3.43. The molecule has 25 heavy (non-hydrogen) atoms. The van der Waals surface area contributed by atoms with Crippen molar-refractivity contribution in [3.63, 3.8) is 0 Å². The molecule has 2 aromatic rings. The number of hydrogen-bond donors (Lipinski definition) is 1. The lowest BCUT2D eigenvalue weighted by Crippen LogP contribution is -2.27. The summed E-state index contributed by atoms with van der Waals surface area (Å²) in [5, 5.41) is 3.31. The van der Waals surface area contributed by atoms with Gasteiger partial charge in [-0.15, -0.1) is 0 Å². The van der Waals surface area contributed by atoms with Gasteiger partial charge in [0.15, 0.2) is 0 Å². The van der Waals surface area contributed by atoms with Crippen LogP contribution < -0.4 is 5.32 Å². The molecule has 1 aliphatic heterocycles. The van der Waals surface area contributed by atoms with Crippen LogP contribution in [0.25, 0.3) is 0 Å². The summed E-state index contributed by atoms with van der Waals surface area (Å²) in [5.41, 5.74) is 1.30. The number of carbonyl (C=O) groups excluding carboxylic acids is 1. The fraction of sp³-hybridized carbons (Fsp3) is 0.278. The van der Waals surface area contributed by atoms with Gasteiger partial charge in [-0.25, -0.2) is 8.42 Å². The highest BCUT2D eigenvalue weighted by Gasteiger charge is 2.26. The van der Waals surface area contributed by atoms with Crippen LogP contribution in [0.15, 0.2) is 53.4 Å². The normalized spacial score (nSPS) is 15.2. The molecule has 3 rings (SSSR count). The zero-order valence-corrected chi connectivity index (χ0v) is 15.2. The Labute approximate surface area is 152 Å². The molecular weight excluding hydrogens is 360 g/mol. The Bertz CT molecular complexity index is 860. The molecule has 0 unspecified atom stereocenters. The van der Waals surface area contributed by atoms with Crippen molar-refractivity contribution < 1.29 is 13.2 Å². The van der Waals surface area contributed by atoms with Crippen molar-refractivity contribution in [1.29, 1.82) is 0 Å². The Morgan fingerprint density at radius 2 is 1.68 bits per heavy atom. The fourth-order valence-corrected chi connectivity index (χ4v) is 4.53. The van der Waals surface area contributed by atoms with Crippen LogP contribution in [-0.2, 0) is 21.2 Å². The van der Waals surface area contributed by atoms with E-state index < -0.39 is 10.0 Å². The number of halogens is 1. The van der Waals surface area contributed by atoms with Gasteiger partial charge in [0.1, 0.15) is 0 Å². The van der Waals surface area contributed by atoms with Gasteiger partial charge in [-0.05, 0) is 48.7 Å². The van der Waals surface area contributed by atoms with Crippen molar-refractivity contribution >= 4 is 33.2 Å². The van der Waals surface area contributed by atoms with E-state index in [9.17, 15) is 13.2 Å². The number of amides is 1. The van der Waals surface area contributed by atoms with Gasteiger partial charge in [-0.3, -0.25) is 4.79 Å². The molecule has 1 aliphatic rings. The van der Waals surface area contributed by atoms with Crippen molar-refractivity contribution in [3.8, 4) is 0 Å². The largest absolute Gasteiger partial charge is 0.326 e. The predicted molar refractivity (Wildman–Crippen MR) is 98.2 cm³/mol. The number of carbonyl (C=O) groups is 1. The first-order valence-corrected chi connectivity index (χ1v) is 9.92. The monoisotopic (exact) mass is 378 g/mol. The highest BCUT2D eigenvalue weighted by atomic mass is 35.5. The smallest absolute Gasteiger partial charge is 0.243 e. The third kappa shape index (κ3) is 4.21. The summed E-state index contributed by atoms with van der Waals surface area (Å²) in [7, 11) is -3.43. The van der Waals surface area contributed by atoms with Gasteiger partial charge in [0.25, 0.3) is 0 Å². The lowest BCUT2D eigenvalue weighted by molar-refractivity contribution is -0.115. The SMILES string of the molecule is O=C(Cc1ccccc1Cl)Nc1ccc(S(=O)(=O)N2CCCC2)cc1. The van der Waals surface area contributed by atoms with Gasteiger partial charge in [0, 0.05) is 23.8 Å². The summed E-state index contributed by atoms with van der Waals surface area (Å²) in [6, 6.07) is 13.4. The quantitative estimate of drug-likeness (QED) is 0.868. The molecule has 0 aliphatic carbocycles. The van der Waals surface area contributed by atoms with Gasteiger partial charge in [0.05, 0.1) is 11.3 Å². The van der Waals surface area contributed by atoms with Crippen LogP contribution in [0.2, 0.25) is 5.02 Å². The standard InChI is InChI=1S/C18H19ClN2O3S/c19-17-6-2-1-5-14(17)13-18(22)20-15-7-9-16(10-8-15)25(23,24)21-11-3-4-12-21/h1-2,5-10H,3-4,11-13H2,(H,20,22). The number of hydrogen-bond acceptors (Lipinski definition) is 3. The average molecular weight is 379 g/mol. The second kappa shape index (κ2) is 7.56. The topological polar surface area (TPSA) is 66.5 Å². The summed E-state index contributed by atoms with van der Waals surface area (Å²) in [6.45, 7) is 1.14. The average Bonchev–Trinajstić information content (AvgIpc) is 3.13. The maximum atomic E-state index is 12.5. The van der Waals surface area contributed by atoms with Crippen molar-refractivity contribution in [1.82, 2.24) is 4.31 Å². The highest BCUT2D eigenvalue weighted by Crippen LogP contribution is 2.22. The second-order valence-corrected chi connectivity index (χ2v) is 8.30. The van der Waals surface area contributed by atoms with Crippen molar-refractivity contribution in [2.75, 3.05) is 18.4 Å². The van der Waals surface area contributed by atoms with Crippen LogP contribution in [0, 0.1) is 0 Å². The van der Waals surface area contributed by atoms with Crippen molar-refractivity contribution in [2.24, 2.45) is 0 Å². The Hall–Kier alpha value is -1.89. The molecule has 0 saturated carbocycles. The number of sulfonamides is 1. The molecule has 0 radical (unpaired) electrons. The zero-order valence-electron chi connectivity index (χ0n) is 13.6. The first kappa shape index (κ1) is 17.9. The van der Waals surface area contributed by atoms with E-state index in [4.69, 9.17) is 11.6 Å². The minimum absolute atomic E-state index is 0.160. The Kier molecular flexibility index (Phi) is 5.42. The number of nitrogens with zero attached hydrogens (tertiary/aromatic N) is 1. The lowest BCUT2D eigenvalue weighted by Gasteiger charge is -2.15. The molecule has 1 saturated heterocycles. The maximum absolute atomic E-state index is 12.5. The van der Waals surface area contributed by atoms with Gasteiger partial charge >= 0.3 is 0 Å². The molecule has 1 amide bonds. The molecule has 132 valence electrons. The van der Waals surface area contributed by atoms with E-state index >= 15 is 0 Å². The van der Waals surface area contributed by atoms with E-state index in [1.165, 1.54) is 16.4 Å². The molecule has 5 nitrogen and oxygen atoms in total. The van der Waals surface area contributed by atoms with Crippen LogP contribution >= 0.6 is 11.6 Å². The van der Waals surface area contributed by atoms with Crippen molar-refractivity contribution in [2.45, 2.75) is 24.2 Å². The number of nitrogens with one attached hydrogen (secondary N) is 1. The molecular formula is C18H19ClN2O3S. The van der Waals surface area contributed by atoms with E-state index in [0.717, 1.165) is 18.4 Å². The first-order valence-electron chi connectivity index (χ1n) is 8.10. The Balaban J connectivity index is 1.66. The third-order valence-electron chi connectivity index (χ3n) is 4.15. The minimum Gasteiger partial charge on any atom is -0.326 e. The van der Waals surface area contributed by atoms with E-state index in [1.54, 1.807) is 24.3 Å². The fourth-order valence-electron chi connectivity index (χ4n) is 2.81. The summed E-state index contributed by atoms with van der Waals surface area (Å²) in [6.07, 6.45) is 1.96. The van der Waals surface area contributed by atoms with E-state index in [1.807, 2.05) is 12.1 Å². The molecule has 7 heteroatoms. The number of rotatable bonds is 5. The molecule has 1 heterocycles. The van der Waals surface area contributed by atoms with Crippen LogP contribution in [0.1, 0.15) is 18.4 Å². The van der Waals surface area contributed by atoms with Crippen LogP contribution in [0.5, 0.6) is 0 Å². The maximum Gasteiger partial charge on any atom is 0.243 e. The van der Waals surface area contributed by atoms with Gasteiger partial charge in [0.2, 0.25) is 15.9 Å². The van der Waals surface area contributed by atoms with Gasteiger partial charge < -0.3 is 5.32 Å². The number of benzene rings is 2. The summed E-state index contributed by atoms with van der Waals surface area (Å²) >= 11 is 6.05. The molecule has 1 N–H and O–H groups in total. The summed E-state index contributed by atoms with van der Waals surface area (Å²) in [5.74, 6) is -0.205. The van der Waals surface area contributed by atoms with Crippen molar-refractivity contribution in [3.05, 3.63) is 59.1 Å². The first-order chi connectivity index (χ1) is 12.0. The molecule has 0 aromatic heterocycles. The molecule has 0 atom stereocenters. The molecule has 2 aromatic carbocycles. The lowest BCUT2D eigenvalue weighted by atomic mass is 10.1. The highest BCUT2D eigenvalue weighted by molar-refractivity contribution is 7.89. The van der Waals surface area contributed by atoms with Crippen LogP contribution in [-0.4, -0.2) is 31.7 Å². The van der Waals surface area contributed by atoms with Gasteiger partial charge in [-0.2, -0.15) is 4.31 Å².